The molecule has 8 nitrogen and oxygen atoms in total. The van der Waals surface area contributed by atoms with Crippen LogP contribution in [0.4, 0.5) is 14.7 Å². The zero-order valence-corrected chi connectivity index (χ0v) is 12.1. The van der Waals surface area contributed by atoms with Crippen molar-refractivity contribution in [3.63, 3.8) is 0 Å². The van der Waals surface area contributed by atoms with Crippen molar-refractivity contribution < 1.29 is 23.0 Å². The van der Waals surface area contributed by atoms with Crippen molar-refractivity contribution in [1.29, 1.82) is 10.5 Å². The summed E-state index contributed by atoms with van der Waals surface area (Å²) >= 11 is 0. The topological polar surface area (TPSA) is 124 Å². The minimum absolute atomic E-state index is 0.0576. The van der Waals surface area contributed by atoms with Crippen LogP contribution < -0.4 is 14.8 Å². The molecule has 0 spiro atoms. The molecular formula is C14H9F2N5O3. The average molecular weight is 333 g/mol. The molecule has 0 radical (unpaired) electrons. The number of nitrogens with one attached hydrogen (secondary N) is 2. The first-order valence-electron chi connectivity index (χ1n) is 6.33. The number of aromatic nitrogens is 2. The Labute approximate surface area is 134 Å². The van der Waals surface area contributed by atoms with Crippen LogP contribution in [0.5, 0.6) is 11.5 Å². The fraction of sp³-hybridized carbons (Fsp3) is 0.143. The van der Waals surface area contributed by atoms with E-state index in [1.54, 1.807) is 12.1 Å². The van der Waals surface area contributed by atoms with E-state index in [2.05, 4.69) is 20.0 Å². The highest BCUT2D eigenvalue weighted by atomic mass is 19.3. The molecule has 122 valence electrons. The van der Waals surface area contributed by atoms with E-state index in [1.165, 1.54) is 19.2 Å². The van der Waals surface area contributed by atoms with E-state index in [0.717, 1.165) is 6.07 Å². The van der Waals surface area contributed by atoms with Gasteiger partial charge in [0, 0.05) is 5.56 Å². The number of aromatic amines is 1. The van der Waals surface area contributed by atoms with Gasteiger partial charge in [-0.05, 0) is 18.2 Å². The zero-order chi connectivity index (χ0) is 17.7. The number of benzene rings is 1. The van der Waals surface area contributed by atoms with Crippen molar-refractivity contribution >= 4 is 11.9 Å². The molecule has 0 unspecified atom stereocenters. The van der Waals surface area contributed by atoms with Gasteiger partial charge in [-0.2, -0.15) is 19.3 Å². The molecule has 0 saturated heterocycles. The maximum Gasteiger partial charge on any atom is 0.387 e. The Hall–Kier alpha value is -3.66. The number of H-pyrrole nitrogens is 1. The van der Waals surface area contributed by atoms with Crippen LogP contribution in [0.1, 0.15) is 21.7 Å². The Morgan fingerprint density at radius 2 is 2.08 bits per heavy atom. The lowest BCUT2D eigenvalue weighted by Crippen LogP contribution is -2.13. The molecule has 1 aromatic heterocycles. The van der Waals surface area contributed by atoms with Crippen LogP contribution in [0.15, 0.2) is 18.2 Å². The molecule has 0 saturated carbocycles. The summed E-state index contributed by atoms with van der Waals surface area (Å²) in [5.74, 6) is -1.03. The van der Waals surface area contributed by atoms with E-state index in [9.17, 15) is 13.6 Å². The van der Waals surface area contributed by atoms with Gasteiger partial charge in [-0.15, -0.1) is 0 Å². The molecule has 0 aliphatic heterocycles. The van der Waals surface area contributed by atoms with Gasteiger partial charge >= 0.3 is 6.61 Å². The van der Waals surface area contributed by atoms with Crippen molar-refractivity contribution in [3.05, 3.63) is 35.2 Å². The molecule has 2 rings (SSSR count). The smallest absolute Gasteiger partial charge is 0.387 e. The minimum Gasteiger partial charge on any atom is -0.493 e. The summed E-state index contributed by atoms with van der Waals surface area (Å²) in [7, 11) is 1.24. The van der Waals surface area contributed by atoms with Gasteiger partial charge in [-0.1, -0.05) is 0 Å². The van der Waals surface area contributed by atoms with Gasteiger partial charge < -0.3 is 14.5 Å². The van der Waals surface area contributed by atoms with Gasteiger partial charge in [-0.3, -0.25) is 10.1 Å². The third-order valence-corrected chi connectivity index (χ3v) is 2.80. The number of carbonyl (C=O) groups is 1. The lowest BCUT2D eigenvalue weighted by Gasteiger charge is -2.11. The SMILES string of the molecule is COc1cc(C(=O)Nc2nc(C#N)c(C#N)[nH]2)ccc1OC(F)F. The molecule has 0 atom stereocenters. The molecule has 10 heteroatoms. The number of amides is 1. The normalized spacial score (nSPS) is 9.92. The number of nitrogens with zero attached hydrogens (tertiary/aromatic N) is 3. The van der Waals surface area contributed by atoms with Crippen molar-refractivity contribution in [2.45, 2.75) is 6.61 Å². The first kappa shape index (κ1) is 16.7. The Kier molecular flexibility index (Phi) is 4.92. The van der Waals surface area contributed by atoms with Crippen LogP contribution in [0.3, 0.4) is 0 Å². The highest BCUT2D eigenvalue weighted by molar-refractivity contribution is 6.03. The van der Waals surface area contributed by atoms with Crippen LogP contribution in [0.25, 0.3) is 0 Å². The second-order valence-corrected chi connectivity index (χ2v) is 4.23. The van der Waals surface area contributed by atoms with E-state index >= 15 is 0 Å². The third kappa shape index (κ3) is 3.56. The van der Waals surface area contributed by atoms with Gasteiger partial charge in [0.05, 0.1) is 7.11 Å². The lowest BCUT2D eigenvalue weighted by molar-refractivity contribution is -0.0512. The van der Waals surface area contributed by atoms with E-state index in [-0.39, 0.29) is 34.4 Å². The number of alkyl halides is 2. The third-order valence-electron chi connectivity index (χ3n) is 2.80. The van der Waals surface area contributed by atoms with E-state index < -0.39 is 12.5 Å². The number of ether oxygens (including phenoxy) is 2. The van der Waals surface area contributed by atoms with Gasteiger partial charge in [0.1, 0.15) is 12.1 Å². The number of methoxy groups -OCH3 is 1. The van der Waals surface area contributed by atoms with Crippen molar-refractivity contribution in [2.24, 2.45) is 0 Å². The van der Waals surface area contributed by atoms with Crippen LogP contribution >= 0.6 is 0 Å². The number of carbonyl (C=O) groups excluding carboxylic acids is 1. The molecule has 0 aliphatic carbocycles. The number of rotatable bonds is 5. The molecule has 0 aliphatic rings. The largest absolute Gasteiger partial charge is 0.493 e. The van der Waals surface area contributed by atoms with E-state index in [4.69, 9.17) is 15.3 Å². The first-order valence-corrected chi connectivity index (χ1v) is 6.33. The lowest BCUT2D eigenvalue weighted by atomic mass is 10.2. The fourth-order valence-corrected chi connectivity index (χ4v) is 1.78. The molecule has 2 aromatic rings. The standard InChI is InChI=1S/C14H9F2N5O3/c1-23-11-4-7(2-3-10(11)24-13(15)16)12(22)21-14-19-8(5-17)9(6-18)20-14/h2-4,13H,1H3,(H2,19,20,21,22). The van der Waals surface area contributed by atoms with Crippen LogP contribution in [-0.4, -0.2) is 29.6 Å². The van der Waals surface area contributed by atoms with Crippen LogP contribution in [0.2, 0.25) is 0 Å². The Morgan fingerprint density at radius 3 is 2.62 bits per heavy atom. The van der Waals surface area contributed by atoms with E-state index in [1.807, 2.05) is 0 Å². The van der Waals surface area contributed by atoms with Gasteiger partial charge in [0.25, 0.3) is 5.91 Å². The zero-order valence-electron chi connectivity index (χ0n) is 12.1. The number of hydrogen-bond donors (Lipinski definition) is 2. The Morgan fingerprint density at radius 1 is 1.33 bits per heavy atom. The number of anilines is 1. The molecule has 0 fully saturated rings. The van der Waals surface area contributed by atoms with Crippen molar-refractivity contribution in [1.82, 2.24) is 9.97 Å². The van der Waals surface area contributed by atoms with Crippen molar-refractivity contribution in [2.75, 3.05) is 12.4 Å². The average Bonchev–Trinajstić information content (AvgIpc) is 2.96. The quantitative estimate of drug-likeness (QED) is 0.862. The predicted octanol–water partition coefficient (Wildman–Crippen LogP) is 2.02. The number of imidazole rings is 1. The Balaban J connectivity index is 2.23. The van der Waals surface area contributed by atoms with Gasteiger partial charge in [0.2, 0.25) is 5.95 Å². The summed E-state index contributed by atoms with van der Waals surface area (Å²) in [6, 6.07) is 7.03. The number of hydrogen-bond acceptors (Lipinski definition) is 6. The molecule has 2 N–H and O–H groups in total. The van der Waals surface area contributed by atoms with Gasteiger partial charge in [-0.25, -0.2) is 4.98 Å². The van der Waals surface area contributed by atoms with Crippen LogP contribution in [0, 0.1) is 22.7 Å². The molecular weight excluding hydrogens is 324 g/mol. The molecule has 1 aromatic carbocycles. The molecule has 1 heterocycles. The minimum atomic E-state index is -3.03. The maximum absolute atomic E-state index is 12.3. The summed E-state index contributed by atoms with van der Waals surface area (Å²) in [6.07, 6.45) is 0. The summed E-state index contributed by atoms with van der Waals surface area (Å²) in [4.78, 5) is 18.3. The highest BCUT2D eigenvalue weighted by Crippen LogP contribution is 2.29. The number of nitriles is 2. The van der Waals surface area contributed by atoms with E-state index in [0.29, 0.717) is 0 Å². The summed E-state index contributed by atoms with van der Waals surface area (Å²) < 4.78 is 33.7. The summed E-state index contributed by atoms with van der Waals surface area (Å²) in [5.41, 5.74) is -0.181. The summed E-state index contributed by atoms with van der Waals surface area (Å²) in [6.45, 7) is -3.03. The molecule has 0 bridgehead atoms. The first-order chi connectivity index (χ1) is 11.5. The fourth-order valence-electron chi connectivity index (χ4n) is 1.78. The molecule has 1 amide bonds. The Bertz CT molecular complexity index is 820. The predicted molar refractivity (Wildman–Crippen MR) is 75.6 cm³/mol. The maximum atomic E-state index is 12.3. The second kappa shape index (κ2) is 7.07. The van der Waals surface area contributed by atoms with Gasteiger partial charge in [0.15, 0.2) is 22.9 Å². The summed E-state index contributed by atoms with van der Waals surface area (Å²) in [5, 5.41) is 20.0. The van der Waals surface area contributed by atoms with Crippen LogP contribution in [-0.2, 0) is 0 Å². The van der Waals surface area contributed by atoms with Crippen molar-refractivity contribution in [3.8, 4) is 23.6 Å². The number of halogens is 2. The second-order valence-electron chi connectivity index (χ2n) is 4.23. The molecule has 24 heavy (non-hydrogen) atoms. The monoisotopic (exact) mass is 333 g/mol. The highest BCUT2D eigenvalue weighted by Gasteiger charge is 2.16.